The molecule has 0 spiro atoms. The topological polar surface area (TPSA) is 73.6 Å². The van der Waals surface area contributed by atoms with Crippen LogP contribution in [0.2, 0.25) is 0 Å². The van der Waals surface area contributed by atoms with Crippen molar-refractivity contribution in [1.82, 2.24) is 5.32 Å². The van der Waals surface area contributed by atoms with Gasteiger partial charge in [-0.25, -0.2) is 0 Å². The third-order valence-electron chi connectivity index (χ3n) is 2.49. The summed E-state index contributed by atoms with van der Waals surface area (Å²) in [6, 6.07) is 7.04. The molecule has 0 fully saturated rings. The molecule has 6 heteroatoms. The van der Waals surface area contributed by atoms with Crippen LogP contribution in [-0.2, 0) is 9.53 Å². The van der Waals surface area contributed by atoms with Gasteiger partial charge in [-0.3, -0.25) is 4.79 Å². The smallest absolute Gasteiger partial charge is 0.258 e. The molecule has 0 saturated heterocycles. The lowest BCUT2D eigenvalue weighted by molar-refractivity contribution is -0.124. The molecule has 0 saturated carbocycles. The standard InChI is InChI=1S/C14H20N2O3S/c1-3-18-8-10(2)16-13(17)9-19-12-7-5-4-6-11(12)14(15)20/h4-7,10H,3,8-9H2,1-2H3,(H2,15,20)(H,16,17). The number of carbonyl (C=O) groups is 1. The first-order valence-corrected chi connectivity index (χ1v) is 6.84. The van der Waals surface area contributed by atoms with Gasteiger partial charge in [-0.2, -0.15) is 0 Å². The van der Waals surface area contributed by atoms with E-state index < -0.39 is 0 Å². The van der Waals surface area contributed by atoms with E-state index in [4.69, 9.17) is 27.4 Å². The van der Waals surface area contributed by atoms with E-state index in [9.17, 15) is 4.79 Å². The van der Waals surface area contributed by atoms with Crippen LogP contribution in [0.5, 0.6) is 5.75 Å². The van der Waals surface area contributed by atoms with Crippen molar-refractivity contribution in [2.45, 2.75) is 19.9 Å². The Morgan fingerprint density at radius 1 is 1.45 bits per heavy atom. The Morgan fingerprint density at radius 3 is 2.80 bits per heavy atom. The van der Waals surface area contributed by atoms with Crippen molar-refractivity contribution in [1.29, 1.82) is 0 Å². The summed E-state index contributed by atoms with van der Waals surface area (Å²) in [4.78, 5) is 12.0. The van der Waals surface area contributed by atoms with Crippen LogP contribution in [0.25, 0.3) is 0 Å². The number of carbonyl (C=O) groups excluding carboxylic acids is 1. The highest BCUT2D eigenvalue weighted by Crippen LogP contribution is 2.17. The first-order chi connectivity index (χ1) is 9.54. The zero-order valence-electron chi connectivity index (χ0n) is 11.7. The number of hydrogen-bond donors (Lipinski definition) is 2. The second-order valence-corrected chi connectivity index (χ2v) is 4.72. The van der Waals surface area contributed by atoms with E-state index in [0.717, 1.165) is 0 Å². The Morgan fingerprint density at radius 2 is 2.15 bits per heavy atom. The zero-order valence-corrected chi connectivity index (χ0v) is 12.5. The molecular weight excluding hydrogens is 276 g/mol. The SMILES string of the molecule is CCOCC(C)NC(=O)COc1ccccc1C(N)=S. The minimum absolute atomic E-state index is 0.0584. The molecule has 1 aromatic rings. The molecule has 1 unspecified atom stereocenters. The number of ether oxygens (including phenoxy) is 2. The highest BCUT2D eigenvalue weighted by molar-refractivity contribution is 7.80. The molecule has 1 amide bonds. The average Bonchev–Trinajstić information content (AvgIpc) is 2.43. The van der Waals surface area contributed by atoms with Gasteiger partial charge < -0.3 is 20.5 Å². The van der Waals surface area contributed by atoms with Crippen molar-refractivity contribution in [3.8, 4) is 5.75 Å². The van der Waals surface area contributed by atoms with Gasteiger partial charge in [0.15, 0.2) is 6.61 Å². The molecule has 0 radical (unpaired) electrons. The molecule has 3 N–H and O–H groups in total. The van der Waals surface area contributed by atoms with Crippen molar-refractivity contribution >= 4 is 23.1 Å². The fourth-order valence-electron chi connectivity index (χ4n) is 1.59. The van der Waals surface area contributed by atoms with Crippen LogP contribution in [0.3, 0.4) is 0 Å². The summed E-state index contributed by atoms with van der Waals surface area (Å²) in [7, 11) is 0. The second-order valence-electron chi connectivity index (χ2n) is 4.28. The van der Waals surface area contributed by atoms with Gasteiger partial charge in [0.25, 0.3) is 5.91 Å². The van der Waals surface area contributed by atoms with Gasteiger partial charge in [-0.15, -0.1) is 0 Å². The minimum atomic E-state index is -0.213. The summed E-state index contributed by atoms with van der Waals surface area (Å²) in [6.07, 6.45) is 0. The Bertz CT molecular complexity index is 465. The number of para-hydroxylation sites is 1. The van der Waals surface area contributed by atoms with Crippen molar-refractivity contribution in [3.63, 3.8) is 0 Å². The number of amides is 1. The van der Waals surface area contributed by atoms with Gasteiger partial charge >= 0.3 is 0 Å². The average molecular weight is 296 g/mol. The number of nitrogens with one attached hydrogen (secondary N) is 1. The molecule has 1 rings (SSSR count). The summed E-state index contributed by atoms with van der Waals surface area (Å²) in [5, 5.41) is 2.78. The molecule has 0 aliphatic rings. The molecule has 1 aromatic carbocycles. The van der Waals surface area contributed by atoms with Crippen molar-refractivity contribution in [3.05, 3.63) is 29.8 Å². The predicted molar refractivity (Wildman–Crippen MR) is 81.9 cm³/mol. The fourth-order valence-corrected chi connectivity index (χ4v) is 1.76. The van der Waals surface area contributed by atoms with Gasteiger partial charge in [-0.1, -0.05) is 24.4 Å². The van der Waals surface area contributed by atoms with Crippen LogP contribution in [0.15, 0.2) is 24.3 Å². The largest absolute Gasteiger partial charge is 0.483 e. The summed E-state index contributed by atoms with van der Waals surface area (Å²) < 4.78 is 10.7. The van der Waals surface area contributed by atoms with E-state index in [2.05, 4.69) is 5.32 Å². The van der Waals surface area contributed by atoms with Crippen molar-refractivity contribution in [2.24, 2.45) is 5.73 Å². The number of thiocarbonyl (C=S) groups is 1. The number of rotatable bonds is 8. The Labute approximate surface area is 124 Å². The lowest BCUT2D eigenvalue weighted by atomic mass is 10.2. The lowest BCUT2D eigenvalue weighted by Gasteiger charge is -2.15. The van der Waals surface area contributed by atoms with E-state index in [-0.39, 0.29) is 23.5 Å². The van der Waals surface area contributed by atoms with E-state index in [0.29, 0.717) is 24.5 Å². The summed E-state index contributed by atoms with van der Waals surface area (Å²) in [6.45, 7) is 4.79. The van der Waals surface area contributed by atoms with Gasteiger partial charge in [0.2, 0.25) is 0 Å². The maximum atomic E-state index is 11.7. The fraction of sp³-hybridized carbons (Fsp3) is 0.429. The molecule has 0 bridgehead atoms. The molecule has 0 aliphatic carbocycles. The third kappa shape index (κ3) is 5.54. The van der Waals surface area contributed by atoms with Gasteiger partial charge in [0.1, 0.15) is 10.7 Å². The molecule has 20 heavy (non-hydrogen) atoms. The minimum Gasteiger partial charge on any atom is -0.483 e. The van der Waals surface area contributed by atoms with Crippen LogP contribution in [0, 0.1) is 0 Å². The molecule has 0 aliphatic heterocycles. The summed E-state index contributed by atoms with van der Waals surface area (Å²) >= 11 is 4.93. The molecular formula is C14H20N2O3S. The number of nitrogens with two attached hydrogens (primary N) is 1. The lowest BCUT2D eigenvalue weighted by Crippen LogP contribution is -2.38. The molecule has 0 heterocycles. The third-order valence-corrected chi connectivity index (χ3v) is 2.71. The first kappa shape index (κ1) is 16.4. The molecule has 5 nitrogen and oxygen atoms in total. The van der Waals surface area contributed by atoms with Crippen LogP contribution < -0.4 is 15.8 Å². The number of benzene rings is 1. The highest BCUT2D eigenvalue weighted by atomic mass is 32.1. The van der Waals surface area contributed by atoms with Gasteiger partial charge in [-0.05, 0) is 26.0 Å². The van der Waals surface area contributed by atoms with Crippen LogP contribution in [0.1, 0.15) is 19.4 Å². The van der Waals surface area contributed by atoms with E-state index in [1.165, 1.54) is 0 Å². The molecule has 0 aromatic heterocycles. The monoisotopic (exact) mass is 296 g/mol. The van der Waals surface area contributed by atoms with Crippen LogP contribution in [0.4, 0.5) is 0 Å². The van der Waals surface area contributed by atoms with E-state index in [1.54, 1.807) is 18.2 Å². The summed E-state index contributed by atoms with van der Waals surface area (Å²) in [5.41, 5.74) is 6.21. The normalized spacial score (nSPS) is 11.7. The number of hydrogen-bond acceptors (Lipinski definition) is 4. The zero-order chi connectivity index (χ0) is 15.0. The van der Waals surface area contributed by atoms with Crippen LogP contribution in [-0.4, -0.2) is 36.8 Å². The highest BCUT2D eigenvalue weighted by Gasteiger charge is 2.10. The van der Waals surface area contributed by atoms with Gasteiger partial charge in [0.05, 0.1) is 12.2 Å². The summed E-state index contributed by atoms with van der Waals surface area (Å²) in [5.74, 6) is 0.294. The Balaban J connectivity index is 2.47. The van der Waals surface area contributed by atoms with Crippen molar-refractivity contribution < 1.29 is 14.3 Å². The maximum absolute atomic E-state index is 11.7. The van der Waals surface area contributed by atoms with Crippen LogP contribution >= 0.6 is 12.2 Å². The van der Waals surface area contributed by atoms with Crippen molar-refractivity contribution in [2.75, 3.05) is 19.8 Å². The quantitative estimate of drug-likeness (QED) is 0.706. The predicted octanol–water partition coefficient (Wildman–Crippen LogP) is 1.24. The maximum Gasteiger partial charge on any atom is 0.258 e. The molecule has 1 atom stereocenters. The molecule has 110 valence electrons. The Kier molecular flexibility index (Phi) is 6.97. The second kappa shape index (κ2) is 8.50. The van der Waals surface area contributed by atoms with E-state index >= 15 is 0 Å². The first-order valence-electron chi connectivity index (χ1n) is 6.43. The van der Waals surface area contributed by atoms with Gasteiger partial charge in [0, 0.05) is 12.6 Å². The van der Waals surface area contributed by atoms with E-state index in [1.807, 2.05) is 19.9 Å². The Hall–Kier alpha value is -1.66.